The van der Waals surface area contributed by atoms with E-state index in [9.17, 15) is 9.59 Å². The minimum absolute atomic E-state index is 0.0448. The minimum Gasteiger partial charge on any atom is -0.494 e. The van der Waals surface area contributed by atoms with Crippen molar-refractivity contribution in [1.82, 2.24) is 5.32 Å². The number of carboxylic acids is 1. The SMILES string of the molecule is CCCOc1ccc(CC(CCC(=O)O)NC=O)cc1. The van der Waals surface area contributed by atoms with Crippen LogP contribution in [0.5, 0.6) is 5.75 Å². The molecule has 0 spiro atoms. The molecule has 0 aliphatic carbocycles. The highest BCUT2D eigenvalue weighted by atomic mass is 16.5. The Kier molecular flexibility index (Phi) is 7.17. The number of carbonyl (C=O) groups excluding carboxylic acids is 1. The standard InChI is InChI=1S/C15H21NO4/c1-2-9-20-14-6-3-12(4-7-14)10-13(16-11-17)5-8-15(18)19/h3-4,6-7,11,13H,2,5,8-10H2,1H3,(H,16,17)(H,18,19). The Balaban J connectivity index is 2.54. The van der Waals surface area contributed by atoms with Crippen molar-refractivity contribution in [2.75, 3.05) is 6.61 Å². The van der Waals surface area contributed by atoms with Crippen LogP contribution < -0.4 is 10.1 Å². The molecular weight excluding hydrogens is 258 g/mol. The maximum atomic E-state index is 10.6. The molecule has 1 atom stereocenters. The third-order valence-electron chi connectivity index (χ3n) is 2.89. The molecule has 0 heterocycles. The van der Waals surface area contributed by atoms with Gasteiger partial charge in [0.15, 0.2) is 0 Å². The fourth-order valence-electron chi connectivity index (χ4n) is 1.86. The van der Waals surface area contributed by atoms with E-state index in [1.54, 1.807) is 0 Å². The molecule has 5 heteroatoms. The van der Waals surface area contributed by atoms with Crippen LogP contribution in [0.25, 0.3) is 0 Å². The van der Waals surface area contributed by atoms with Crippen LogP contribution in [0.3, 0.4) is 0 Å². The predicted molar refractivity (Wildman–Crippen MR) is 75.8 cm³/mol. The van der Waals surface area contributed by atoms with Crippen molar-refractivity contribution in [2.45, 2.75) is 38.6 Å². The Hall–Kier alpha value is -2.04. The van der Waals surface area contributed by atoms with E-state index in [2.05, 4.69) is 5.32 Å². The molecule has 110 valence electrons. The van der Waals surface area contributed by atoms with Crippen molar-refractivity contribution in [1.29, 1.82) is 0 Å². The Morgan fingerprint density at radius 2 is 2.10 bits per heavy atom. The summed E-state index contributed by atoms with van der Waals surface area (Å²) in [7, 11) is 0. The van der Waals surface area contributed by atoms with E-state index < -0.39 is 5.97 Å². The van der Waals surface area contributed by atoms with Gasteiger partial charge in [0.2, 0.25) is 6.41 Å². The quantitative estimate of drug-likeness (QED) is 0.642. The molecule has 0 bridgehead atoms. The number of carbonyl (C=O) groups is 2. The fourth-order valence-corrected chi connectivity index (χ4v) is 1.86. The first kappa shape index (κ1) is 16.0. The van der Waals surface area contributed by atoms with E-state index in [4.69, 9.17) is 9.84 Å². The number of amides is 1. The number of hydrogen-bond acceptors (Lipinski definition) is 3. The summed E-state index contributed by atoms with van der Waals surface area (Å²) in [6, 6.07) is 7.49. The number of benzene rings is 1. The number of carboxylic acid groups (broad SMARTS) is 1. The largest absolute Gasteiger partial charge is 0.494 e. The summed E-state index contributed by atoms with van der Waals surface area (Å²) in [6.45, 7) is 2.74. The highest BCUT2D eigenvalue weighted by Gasteiger charge is 2.11. The second kappa shape index (κ2) is 8.96. The Labute approximate surface area is 118 Å². The molecule has 5 nitrogen and oxygen atoms in total. The van der Waals surface area contributed by atoms with E-state index in [-0.39, 0.29) is 12.5 Å². The number of rotatable bonds is 10. The van der Waals surface area contributed by atoms with Gasteiger partial charge >= 0.3 is 5.97 Å². The van der Waals surface area contributed by atoms with Crippen LogP contribution >= 0.6 is 0 Å². The maximum absolute atomic E-state index is 10.6. The zero-order valence-electron chi connectivity index (χ0n) is 11.7. The van der Waals surface area contributed by atoms with Crippen LogP contribution in [-0.2, 0) is 16.0 Å². The van der Waals surface area contributed by atoms with E-state index in [1.165, 1.54) is 0 Å². The lowest BCUT2D eigenvalue weighted by atomic mass is 10.0. The van der Waals surface area contributed by atoms with Gasteiger partial charge in [0.05, 0.1) is 6.61 Å². The molecule has 1 aromatic rings. The van der Waals surface area contributed by atoms with Gasteiger partial charge in [-0.1, -0.05) is 19.1 Å². The molecular formula is C15H21NO4. The van der Waals surface area contributed by atoms with Gasteiger partial charge in [-0.25, -0.2) is 0 Å². The van der Waals surface area contributed by atoms with Crippen LogP contribution in [0.2, 0.25) is 0 Å². The van der Waals surface area contributed by atoms with Crippen LogP contribution in [0, 0.1) is 0 Å². The maximum Gasteiger partial charge on any atom is 0.303 e. The van der Waals surface area contributed by atoms with Crippen molar-refractivity contribution in [2.24, 2.45) is 0 Å². The van der Waals surface area contributed by atoms with Crippen molar-refractivity contribution in [3.63, 3.8) is 0 Å². The highest BCUT2D eigenvalue weighted by Crippen LogP contribution is 2.15. The lowest BCUT2D eigenvalue weighted by Crippen LogP contribution is -2.30. The topological polar surface area (TPSA) is 75.6 Å². The van der Waals surface area contributed by atoms with Gasteiger partial charge in [0.25, 0.3) is 0 Å². The number of nitrogens with one attached hydrogen (secondary N) is 1. The van der Waals surface area contributed by atoms with Gasteiger partial charge in [-0.05, 0) is 37.0 Å². The first-order chi connectivity index (χ1) is 9.65. The van der Waals surface area contributed by atoms with Crippen LogP contribution in [0.4, 0.5) is 0 Å². The molecule has 1 rings (SSSR count). The molecule has 20 heavy (non-hydrogen) atoms. The number of hydrogen-bond donors (Lipinski definition) is 2. The van der Waals surface area contributed by atoms with Gasteiger partial charge < -0.3 is 15.2 Å². The van der Waals surface area contributed by atoms with Gasteiger partial charge in [-0.3, -0.25) is 9.59 Å². The zero-order valence-corrected chi connectivity index (χ0v) is 11.7. The van der Waals surface area contributed by atoms with Gasteiger partial charge in [-0.2, -0.15) is 0 Å². The Morgan fingerprint density at radius 3 is 2.65 bits per heavy atom. The van der Waals surface area contributed by atoms with Gasteiger partial charge in [0.1, 0.15) is 5.75 Å². The van der Waals surface area contributed by atoms with Gasteiger partial charge in [-0.15, -0.1) is 0 Å². The normalized spacial score (nSPS) is 11.7. The molecule has 0 aliphatic heterocycles. The average Bonchev–Trinajstić information content (AvgIpc) is 2.44. The van der Waals surface area contributed by atoms with E-state index >= 15 is 0 Å². The second-order valence-electron chi connectivity index (χ2n) is 4.61. The molecule has 0 aromatic heterocycles. The van der Waals surface area contributed by atoms with Crippen LogP contribution in [-0.4, -0.2) is 30.1 Å². The Morgan fingerprint density at radius 1 is 1.40 bits per heavy atom. The van der Waals surface area contributed by atoms with Crippen molar-refractivity contribution >= 4 is 12.4 Å². The zero-order chi connectivity index (χ0) is 14.8. The number of ether oxygens (including phenoxy) is 1. The number of aliphatic carboxylic acids is 1. The summed E-state index contributed by atoms with van der Waals surface area (Å²) in [5.74, 6) is -0.0351. The second-order valence-corrected chi connectivity index (χ2v) is 4.61. The third-order valence-corrected chi connectivity index (χ3v) is 2.89. The summed E-state index contributed by atoms with van der Waals surface area (Å²) in [4.78, 5) is 21.1. The molecule has 0 saturated carbocycles. The van der Waals surface area contributed by atoms with Crippen molar-refractivity contribution in [3.05, 3.63) is 29.8 Å². The molecule has 2 N–H and O–H groups in total. The van der Waals surface area contributed by atoms with Crippen LogP contribution in [0.15, 0.2) is 24.3 Å². The van der Waals surface area contributed by atoms with E-state index in [1.807, 2.05) is 31.2 Å². The highest BCUT2D eigenvalue weighted by molar-refractivity contribution is 5.66. The van der Waals surface area contributed by atoms with Crippen molar-refractivity contribution < 1.29 is 19.4 Å². The molecule has 0 saturated heterocycles. The molecule has 0 fully saturated rings. The van der Waals surface area contributed by atoms with Crippen LogP contribution in [0.1, 0.15) is 31.7 Å². The summed E-state index contributed by atoms with van der Waals surface area (Å²) in [5.41, 5.74) is 1.04. The first-order valence-electron chi connectivity index (χ1n) is 6.79. The van der Waals surface area contributed by atoms with E-state index in [0.29, 0.717) is 25.9 Å². The summed E-state index contributed by atoms with van der Waals surface area (Å²) >= 11 is 0. The minimum atomic E-state index is -0.856. The smallest absolute Gasteiger partial charge is 0.303 e. The summed E-state index contributed by atoms with van der Waals surface area (Å²) in [5, 5.41) is 11.3. The van der Waals surface area contributed by atoms with E-state index in [0.717, 1.165) is 17.7 Å². The first-order valence-corrected chi connectivity index (χ1v) is 6.79. The average molecular weight is 279 g/mol. The summed E-state index contributed by atoms with van der Waals surface area (Å²) < 4.78 is 5.49. The van der Waals surface area contributed by atoms with Gasteiger partial charge in [0, 0.05) is 12.5 Å². The lowest BCUT2D eigenvalue weighted by molar-refractivity contribution is -0.137. The molecule has 1 amide bonds. The lowest BCUT2D eigenvalue weighted by Gasteiger charge is -2.15. The summed E-state index contributed by atoms with van der Waals surface area (Å²) in [6.07, 6.45) is 2.65. The molecule has 1 aromatic carbocycles. The monoisotopic (exact) mass is 279 g/mol. The predicted octanol–water partition coefficient (Wildman–Crippen LogP) is 2.00. The van der Waals surface area contributed by atoms with Crippen molar-refractivity contribution in [3.8, 4) is 5.75 Å². The Bertz CT molecular complexity index is 416. The fraction of sp³-hybridized carbons (Fsp3) is 0.467. The third kappa shape index (κ3) is 6.22. The molecule has 1 unspecified atom stereocenters. The molecule has 0 aliphatic rings. The molecule has 0 radical (unpaired) electrons.